The van der Waals surface area contributed by atoms with E-state index in [0.29, 0.717) is 17.5 Å². The number of hydrogen-bond acceptors (Lipinski definition) is 7. The molecular weight excluding hydrogens is 352 g/mol. The quantitative estimate of drug-likeness (QED) is 0.553. The average molecular weight is 368 g/mol. The average Bonchev–Trinajstić information content (AvgIpc) is 3.37. The van der Waals surface area contributed by atoms with Crippen LogP contribution in [0, 0.1) is 0 Å². The summed E-state index contributed by atoms with van der Waals surface area (Å²) in [6, 6.07) is 10.5. The van der Waals surface area contributed by atoms with Crippen molar-refractivity contribution < 1.29 is 18.2 Å². The number of amides is 1. The van der Waals surface area contributed by atoms with E-state index in [9.17, 15) is 9.59 Å². The minimum Gasteiger partial charge on any atom is -0.469 e. The number of oxazole rings is 1. The minimum atomic E-state index is -0.529. The molecular formula is C18H16N4O5. The standard InChI is InChI=1S/C18H16N4O5/c1-11(9-12-5-4-8-25-12)19-16(23)17-20-15(21-27-17)10-22-13-6-2-3-7-14(13)26-18(22)24/h2-8,11H,9-10H2,1H3,(H,19,23)/t11-/m1/s1. The molecule has 0 fully saturated rings. The third kappa shape index (κ3) is 3.52. The van der Waals surface area contributed by atoms with Crippen LogP contribution in [0.2, 0.25) is 0 Å². The SMILES string of the molecule is C[C@H](Cc1ccco1)NC(=O)c1nc(Cn2c(=O)oc3ccccc32)no1. The summed E-state index contributed by atoms with van der Waals surface area (Å²) in [6.45, 7) is 1.88. The van der Waals surface area contributed by atoms with Gasteiger partial charge in [-0.05, 0) is 31.2 Å². The van der Waals surface area contributed by atoms with Gasteiger partial charge >= 0.3 is 17.6 Å². The molecule has 138 valence electrons. The van der Waals surface area contributed by atoms with E-state index in [1.807, 2.05) is 13.0 Å². The third-order valence-corrected chi connectivity index (χ3v) is 4.00. The predicted molar refractivity (Wildman–Crippen MR) is 93.2 cm³/mol. The van der Waals surface area contributed by atoms with Crippen LogP contribution in [0.3, 0.4) is 0 Å². The van der Waals surface area contributed by atoms with E-state index in [1.165, 1.54) is 4.57 Å². The molecule has 0 saturated carbocycles. The molecule has 1 amide bonds. The number of fused-ring (bicyclic) bond motifs is 1. The predicted octanol–water partition coefficient (Wildman–Crippen LogP) is 1.98. The van der Waals surface area contributed by atoms with Gasteiger partial charge in [-0.15, -0.1) is 0 Å². The first kappa shape index (κ1) is 16.8. The first-order valence-electron chi connectivity index (χ1n) is 8.34. The number of nitrogens with zero attached hydrogens (tertiary/aromatic N) is 3. The molecule has 0 saturated heterocycles. The summed E-state index contributed by atoms with van der Waals surface area (Å²) in [6.07, 6.45) is 2.12. The Morgan fingerprint density at radius 1 is 1.26 bits per heavy atom. The Morgan fingerprint density at radius 3 is 2.93 bits per heavy atom. The number of nitrogens with one attached hydrogen (secondary N) is 1. The molecule has 0 radical (unpaired) electrons. The summed E-state index contributed by atoms with van der Waals surface area (Å²) < 4.78 is 16.8. The lowest BCUT2D eigenvalue weighted by molar-refractivity contribution is 0.0895. The van der Waals surface area contributed by atoms with Crippen molar-refractivity contribution in [2.45, 2.75) is 25.9 Å². The fourth-order valence-electron chi connectivity index (χ4n) is 2.78. The van der Waals surface area contributed by atoms with Gasteiger partial charge in [0.1, 0.15) is 5.76 Å². The molecule has 0 aliphatic heterocycles. The van der Waals surface area contributed by atoms with E-state index in [2.05, 4.69) is 15.5 Å². The fourth-order valence-corrected chi connectivity index (χ4v) is 2.78. The van der Waals surface area contributed by atoms with E-state index in [0.717, 1.165) is 5.76 Å². The van der Waals surface area contributed by atoms with Crippen molar-refractivity contribution in [1.82, 2.24) is 20.0 Å². The zero-order chi connectivity index (χ0) is 18.8. The molecule has 4 aromatic rings. The Labute approximate surface area is 152 Å². The van der Waals surface area contributed by atoms with Crippen molar-refractivity contribution in [2.75, 3.05) is 0 Å². The number of rotatable bonds is 6. The molecule has 4 rings (SSSR count). The molecule has 3 heterocycles. The Hall–Kier alpha value is -3.62. The molecule has 9 heteroatoms. The second kappa shape index (κ2) is 6.94. The van der Waals surface area contributed by atoms with Crippen LogP contribution >= 0.6 is 0 Å². The third-order valence-electron chi connectivity index (χ3n) is 4.00. The number of benzene rings is 1. The zero-order valence-corrected chi connectivity index (χ0v) is 14.4. The second-order valence-corrected chi connectivity index (χ2v) is 6.10. The largest absolute Gasteiger partial charge is 0.469 e. The monoisotopic (exact) mass is 368 g/mol. The van der Waals surface area contributed by atoms with Gasteiger partial charge in [-0.3, -0.25) is 9.36 Å². The summed E-state index contributed by atoms with van der Waals surface area (Å²) >= 11 is 0. The summed E-state index contributed by atoms with van der Waals surface area (Å²) in [5.41, 5.74) is 1.08. The Bertz CT molecular complexity index is 1120. The number of aromatic nitrogens is 3. The summed E-state index contributed by atoms with van der Waals surface area (Å²) in [5.74, 6) is -0.221. The van der Waals surface area contributed by atoms with Gasteiger partial charge in [-0.1, -0.05) is 17.3 Å². The lowest BCUT2D eigenvalue weighted by Gasteiger charge is -2.10. The maximum Gasteiger partial charge on any atom is 0.420 e. The highest BCUT2D eigenvalue weighted by molar-refractivity contribution is 5.89. The van der Waals surface area contributed by atoms with E-state index in [1.54, 1.807) is 36.6 Å². The highest BCUT2D eigenvalue weighted by atomic mass is 16.5. The van der Waals surface area contributed by atoms with Gasteiger partial charge in [-0.2, -0.15) is 4.98 Å². The molecule has 3 aromatic heterocycles. The Kier molecular flexibility index (Phi) is 4.33. The van der Waals surface area contributed by atoms with Gasteiger partial charge in [0, 0.05) is 12.5 Å². The zero-order valence-electron chi connectivity index (χ0n) is 14.4. The molecule has 0 aliphatic rings. The van der Waals surface area contributed by atoms with Crippen molar-refractivity contribution >= 4 is 17.0 Å². The molecule has 0 bridgehead atoms. The van der Waals surface area contributed by atoms with Crippen molar-refractivity contribution in [3.63, 3.8) is 0 Å². The van der Waals surface area contributed by atoms with Crippen LogP contribution in [0.4, 0.5) is 0 Å². The van der Waals surface area contributed by atoms with Gasteiger partial charge < -0.3 is 18.7 Å². The van der Waals surface area contributed by atoms with Gasteiger partial charge in [0.2, 0.25) is 0 Å². The lowest BCUT2D eigenvalue weighted by Crippen LogP contribution is -2.34. The summed E-state index contributed by atoms with van der Waals surface area (Å²) in [4.78, 5) is 28.3. The van der Waals surface area contributed by atoms with Crippen LogP contribution in [-0.4, -0.2) is 26.7 Å². The number of carbonyl (C=O) groups is 1. The second-order valence-electron chi connectivity index (χ2n) is 6.10. The Balaban J connectivity index is 1.45. The van der Waals surface area contributed by atoms with Crippen LogP contribution in [0.15, 0.2) is 60.8 Å². The number of furan rings is 1. The van der Waals surface area contributed by atoms with Crippen molar-refractivity contribution in [1.29, 1.82) is 0 Å². The molecule has 1 N–H and O–H groups in total. The molecule has 1 atom stereocenters. The van der Waals surface area contributed by atoms with Crippen molar-refractivity contribution in [3.8, 4) is 0 Å². The summed E-state index contributed by atoms with van der Waals surface area (Å²) in [5, 5.41) is 6.54. The highest BCUT2D eigenvalue weighted by Gasteiger charge is 2.19. The fraction of sp³-hybridized carbons (Fsp3) is 0.222. The molecule has 0 unspecified atom stereocenters. The van der Waals surface area contributed by atoms with E-state index >= 15 is 0 Å². The smallest absolute Gasteiger partial charge is 0.420 e. The number of hydrogen-bond donors (Lipinski definition) is 1. The van der Waals surface area contributed by atoms with Crippen molar-refractivity contribution in [3.05, 3.63) is 70.7 Å². The maximum atomic E-state index is 12.3. The van der Waals surface area contributed by atoms with Crippen LogP contribution in [0.25, 0.3) is 11.1 Å². The lowest BCUT2D eigenvalue weighted by atomic mass is 10.2. The molecule has 1 aromatic carbocycles. The van der Waals surface area contributed by atoms with Gasteiger partial charge in [0.25, 0.3) is 0 Å². The number of para-hydroxylation sites is 2. The first-order valence-corrected chi connectivity index (χ1v) is 8.34. The van der Waals surface area contributed by atoms with Crippen LogP contribution in [-0.2, 0) is 13.0 Å². The topological polar surface area (TPSA) is 116 Å². The van der Waals surface area contributed by atoms with Crippen molar-refractivity contribution in [2.24, 2.45) is 0 Å². The van der Waals surface area contributed by atoms with Gasteiger partial charge in [-0.25, -0.2) is 4.79 Å². The van der Waals surface area contributed by atoms with E-state index < -0.39 is 11.7 Å². The van der Waals surface area contributed by atoms with Crippen LogP contribution in [0.5, 0.6) is 0 Å². The van der Waals surface area contributed by atoms with Gasteiger partial charge in [0.05, 0.1) is 18.3 Å². The molecule has 9 nitrogen and oxygen atoms in total. The molecule has 0 aliphatic carbocycles. The van der Waals surface area contributed by atoms with E-state index in [4.69, 9.17) is 13.4 Å². The maximum absolute atomic E-state index is 12.3. The van der Waals surface area contributed by atoms with Gasteiger partial charge in [0.15, 0.2) is 11.4 Å². The Morgan fingerprint density at radius 2 is 2.11 bits per heavy atom. The van der Waals surface area contributed by atoms with Crippen LogP contribution in [0.1, 0.15) is 29.2 Å². The number of carbonyl (C=O) groups excluding carboxylic acids is 1. The van der Waals surface area contributed by atoms with E-state index in [-0.39, 0.29) is 24.3 Å². The first-order chi connectivity index (χ1) is 13.1. The summed E-state index contributed by atoms with van der Waals surface area (Å²) in [7, 11) is 0. The highest BCUT2D eigenvalue weighted by Crippen LogP contribution is 2.13. The molecule has 0 spiro atoms. The normalized spacial score (nSPS) is 12.3. The van der Waals surface area contributed by atoms with Crippen LogP contribution < -0.4 is 11.1 Å². The minimum absolute atomic E-state index is 0.0363. The molecule has 27 heavy (non-hydrogen) atoms.